The number of hydrogen-bond acceptors (Lipinski definition) is 9. The number of aromatic nitrogens is 3. The van der Waals surface area contributed by atoms with E-state index >= 15 is 0 Å². The molecule has 0 bridgehead atoms. The first-order chi connectivity index (χ1) is 18.5. The largest absolute Gasteiger partial charge is 0.497 e. The summed E-state index contributed by atoms with van der Waals surface area (Å²) in [5.74, 6) is 1.84. The Hall–Kier alpha value is -4.21. The molecule has 0 aliphatic carbocycles. The molecule has 10 nitrogen and oxygen atoms in total. The van der Waals surface area contributed by atoms with Crippen molar-refractivity contribution in [3.8, 4) is 11.5 Å². The Kier molecular flexibility index (Phi) is 9.07. The second-order valence-corrected chi connectivity index (χ2v) is 9.16. The maximum atomic E-state index is 12.9. The summed E-state index contributed by atoms with van der Waals surface area (Å²) in [6.07, 6.45) is 2.53. The van der Waals surface area contributed by atoms with Gasteiger partial charge in [0.15, 0.2) is 5.78 Å². The van der Waals surface area contributed by atoms with Crippen LogP contribution in [0.5, 0.6) is 11.5 Å². The molecule has 3 aromatic rings. The summed E-state index contributed by atoms with van der Waals surface area (Å²) in [4.78, 5) is 39.0. The Labute approximate surface area is 222 Å². The fraction of sp³-hybridized carbons (Fsp3) is 0.393. The molecule has 2 unspecified atom stereocenters. The Morgan fingerprint density at radius 1 is 0.816 bits per heavy atom. The molecule has 1 aromatic heterocycles. The van der Waals surface area contributed by atoms with Crippen molar-refractivity contribution in [2.75, 3.05) is 24.9 Å². The Bertz CT molecular complexity index is 1160. The average molecular weight is 519 g/mol. The second kappa shape index (κ2) is 12.8. The molecule has 2 atom stereocenters. The number of carbonyl (C=O) groups excluding carboxylic acids is 2. The van der Waals surface area contributed by atoms with Gasteiger partial charge in [-0.3, -0.25) is 9.59 Å². The number of nitrogens with zero attached hydrogens (tertiary/aromatic N) is 3. The summed E-state index contributed by atoms with van der Waals surface area (Å²) in [7, 11) is 3.26. The minimum absolute atomic E-state index is 0.0932. The zero-order valence-corrected chi connectivity index (χ0v) is 22.0. The molecule has 38 heavy (non-hydrogen) atoms. The molecule has 4 rings (SSSR count). The summed E-state index contributed by atoms with van der Waals surface area (Å²) in [5.41, 5.74) is 2.05. The minimum atomic E-state index is -0.643. The number of unbranched alkanes of at least 4 members (excludes halogenated alkanes) is 1. The van der Waals surface area contributed by atoms with Gasteiger partial charge in [-0.2, -0.15) is 15.0 Å². The molecule has 2 aromatic carbocycles. The van der Waals surface area contributed by atoms with Gasteiger partial charge in [0.05, 0.1) is 26.2 Å². The van der Waals surface area contributed by atoms with Gasteiger partial charge >= 0.3 is 0 Å². The normalized spacial score (nSPS) is 16.7. The number of rotatable bonds is 13. The summed E-state index contributed by atoms with van der Waals surface area (Å²) < 4.78 is 10.4. The lowest BCUT2D eigenvalue weighted by molar-refractivity contribution is -0.128. The average Bonchev–Trinajstić information content (AvgIpc) is 3.21. The molecule has 1 fully saturated rings. The molecule has 1 aliphatic rings. The maximum absolute atomic E-state index is 12.9. The van der Waals surface area contributed by atoms with Gasteiger partial charge in [0.25, 0.3) is 0 Å². The zero-order valence-electron chi connectivity index (χ0n) is 22.0. The first-order valence-corrected chi connectivity index (χ1v) is 12.8. The van der Waals surface area contributed by atoms with Gasteiger partial charge in [-0.05, 0) is 41.8 Å². The lowest BCUT2D eigenvalue weighted by atomic mass is 9.96. The third kappa shape index (κ3) is 6.96. The van der Waals surface area contributed by atoms with Crippen LogP contribution in [-0.2, 0) is 29.1 Å². The van der Waals surface area contributed by atoms with Crippen LogP contribution in [0.25, 0.3) is 0 Å². The van der Waals surface area contributed by atoms with Crippen molar-refractivity contribution < 1.29 is 19.1 Å². The van der Waals surface area contributed by atoms with E-state index in [0.29, 0.717) is 37.2 Å². The number of ketones is 1. The van der Waals surface area contributed by atoms with E-state index in [0.717, 1.165) is 35.5 Å². The van der Waals surface area contributed by atoms with Crippen molar-refractivity contribution in [3.63, 3.8) is 0 Å². The van der Waals surface area contributed by atoms with Crippen molar-refractivity contribution in [1.82, 2.24) is 20.3 Å². The van der Waals surface area contributed by atoms with Gasteiger partial charge in [0.1, 0.15) is 17.3 Å². The Balaban J connectivity index is 1.50. The van der Waals surface area contributed by atoms with Crippen LogP contribution in [0.3, 0.4) is 0 Å². The molecule has 1 amide bonds. The quantitative estimate of drug-likeness (QED) is 0.291. The molecule has 1 saturated heterocycles. The summed E-state index contributed by atoms with van der Waals surface area (Å²) in [6.45, 7) is 3.02. The predicted molar refractivity (Wildman–Crippen MR) is 144 cm³/mol. The zero-order chi connectivity index (χ0) is 26.9. The number of ether oxygens (including phenoxy) is 2. The van der Waals surface area contributed by atoms with E-state index in [1.807, 2.05) is 55.5 Å². The summed E-state index contributed by atoms with van der Waals surface area (Å²) in [6, 6.07) is 14.7. The SMILES string of the molecule is CCCCC1C(=O)NC(Cc2nc(NCc3ccc(OC)cc3)nc(NCc3ccc(OC)cc3)n2)C1=O. The number of amides is 1. The van der Waals surface area contributed by atoms with Gasteiger partial charge < -0.3 is 25.4 Å². The molecule has 0 radical (unpaired) electrons. The van der Waals surface area contributed by atoms with Crippen LogP contribution in [0.2, 0.25) is 0 Å². The van der Waals surface area contributed by atoms with Crippen LogP contribution in [-0.4, -0.2) is 46.9 Å². The summed E-state index contributed by atoms with van der Waals surface area (Å²) >= 11 is 0. The second-order valence-electron chi connectivity index (χ2n) is 9.16. The van der Waals surface area contributed by atoms with E-state index in [1.165, 1.54) is 0 Å². The van der Waals surface area contributed by atoms with Gasteiger partial charge in [-0.25, -0.2) is 0 Å². The van der Waals surface area contributed by atoms with Crippen molar-refractivity contribution >= 4 is 23.6 Å². The monoisotopic (exact) mass is 518 g/mol. The van der Waals surface area contributed by atoms with Gasteiger partial charge in [0.2, 0.25) is 17.8 Å². The van der Waals surface area contributed by atoms with Crippen LogP contribution in [0.4, 0.5) is 11.9 Å². The van der Waals surface area contributed by atoms with E-state index < -0.39 is 12.0 Å². The standard InChI is InChI=1S/C28H34N6O4/c1-4-5-6-22-25(35)23(31-26(22)36)15-24-32-27(29-16-18-7-11-20(37-2)12-8-18)34-28(33-24)30-17-19-9-13-21(38-3)14-10-19/h7-14,22-23H,4-6,15-17H2,1-3H3,(H,31,36)(H2,29,30,32,33,34). The Morgan fingerprint density at radius 3 is 1.82 bits per heavy atom. The number of Topliss-reactive ketones (excluding diaryl/α,β-unsaturated/α-hetero) is 1. The predicted octanol–water partition coefficient (Wildman–Crippen LogP) is 3.53. The highest BCUT2D eigenvalue weighted by atomic mass is 16.5. The van der Waals surface area contributed by atoms with Gasteiger partial charge in [-0.15, -0.1) is 0 Å². The summed E-state index contributed by atoms with van der Waals surface area (Å²) in [5, 5.41) is 9.32. The Morgan fingerprint density at radius 2 is 1.34 bits per heavy atom. The number of carbonyl (C=O) groups is 2. The lowest BCUT2D eigenvalue weighted by Gasteiger charge is -2.13. The minimum Gasteiger partial charge on any atom is -0.497 e. The van der Waals surface area contributed by atoms with Crippen molar-refractivity contribution in [1.29, 1.82) is 0 Å². The fourth-order valence-electron chi connectivity index (χ4n) is 4.25. The van der Waals surface area contributed by atoms with Crippen LogP contribution >= 0.6 is 0 Å². The fourth-order valence-corrected chi connectivity index (χ4v) is 4.25. The van der Waals surface area contributed by atoms with Crippen LogP contribution in [0.15, 0.2) is 48.5 Å². The van der Waals surface area contributed by atoms with Crippen molar-refractivity contribution in [3.05, 3.63) is 65.5 Å². The van der Waals surface area contributed by atoms with Crippen molar-refractivity contribution in [2.24, 2.45) is 5.92 Å². The van der Waals surface area contributed by atoms with Crippen LogP contribution in [0.1, 0.15) is 43.1 Å². The van der Waals surface area contributed by atoms with E-state index in [4.69, 9.17) is 9.47 Å². The molecule has 2 heterocycles. The molecule has 1 aliphatic heterocycles. The lowest BCUT2D eigenvalue weighted by Crippen LogP contribution is -2.32. The van der Waals surface area contributed by atoms with E-state index in [9.17, 15) is 9.59 Å². The number of hydrogen-bond donors (Lipinski definition) is 3. The van der Waals surface area contributed by atoms with E-state index in [1.54, 1.807) is 14.2 Å². The smallest absolute Gasteiger partial charge is 0.231 e. The molecule has 0 saturated carbocycles. The molecular weight excluding hydrogens is 484 g/mol. The van der Waals surface area contributed by atoms with Gasteiger partial charge in [-0.1, -0.05) is 44.0 Å². The number of anilines is 2. The molecule has 200 valence electrons. The first kappa shape index (κ1) is 26.8. The highest BCUT2D eigenvalue weighted by Gasteiger charge is 2.40. The highest BCUT2D eigenvalue weighted by molar-refractivity contribution is 6.10. The van der Waals surface area contributed by atoms with Crippen LogP contribution in [0, 0.1) is 5.92 Å². The van der Waals surface area contributed by atoms with Crippen molar-refractivity contribution in [2.45, 2.75) is 51.7 Å². The number of benzene rings is 2. The molecule has 10 heteroatoms. The first-order valence-electron chi connectivity index (χ1n) is 12.8. The topological polar surface area (TPSA) is 127 Å². The van der Waals surface area contributed by atoms with E-state index in [2.05, 4.69) is 30.9 Å². The number of methoxy groups -OCH3 is 2. The molecule has 0 spiro atoms. The van der Waals surface area contributed by atoms with Crippen LogP contribution < -0.4 is 25.4 Å². The number of nitrogens with one attached hydrogen (secondary N) is 3. The van der Waals surface area contributed by atoms with E-state index in [-0.39, 0.29) is 18.1 Å². The molecular formula is C28H34N6O4. The highest BCUT2D eigenvalue weighted by Crippen LogP contribution is 2.21. The molecule has 3 N–H and O–H groups in total. The third-order valence-electron chi connectivity index (χ3n) is 6.45. The maximum Gasteiger partial charge on any atom is 0.231 e. The third-order valence-corrected chi connectivity index (χ3v) is 6.45. The van der Waals surface area contributed by atoms with Gasteiger partial charge in [0, 0.05) is 19.5 Å².